The molecule has 1 saturated carbocycles. The minimum absolute atomic E-state index is 0.0849. The maximum atomic E-state index is 12.5. The molecule has 0 amide bonds. The van der Waals surface area contributed by atoms with Crippen molar-refractivity contribution in [1.29, 1.82) is 0 Å². The number of benzene rings is 2. The second-order valence-electron chi connectivity index (χ2n) is 7.71. The Morgan fingerprint density at radius 2 is 1.88 bits per heavy atom. The molecule has 128 valence electrons. The van der Waals surface area contributed by atoms with Crippen LogP contribution in [0.5, 0.6) is 0 Å². The Labute approximate surface area is 145 Å². The predicted octanol–water partition coefficient (Wildman–Crippen LogP) is 5.39. The molecule has 1 aliphatic rings. The summed E-state index contributed by atoms with van der Waals surface area (Å²) >= 11 is 0. The minimum Gasteiger partial charge on any atom is -0.462 e. The Bertz CT molecular complexity index is 704. The Morgan fingerprint density at radius 1 is 1.12 bits per heavy atom. The molecular weight excluding hydrogens is 296 g/mol. The van der Waals surface area contributed by atoms with E-state index in [0.717, 1.165) is 12.0 Å². The standard InChI is InChI=1S/C22H28O2/c1-15(2)20-11-8-16(3)12-21(20)24-22(23)14-17-9-10-18-6-4-5-7-19(18)13-17/h4-7,9-10,13,15-16,20-21H,8,11-12,14H2,1-3H3/t16-,20+,21-/m1/s1. The Kier molecular flexibility index (Phi) is 5.23. The highest BCUT2D eigenvalue weighted by Gasteiger charge is 2.33. The van der Waals surface area contributed by atoms with Gasteiger partial charge < -0.3 is 4.74 Å². The molecule has 0 N–H and O–H groups in total. The lowest BCUT2D eigenvalue weighted by molar-refractivity contribution is -0.155. The molecule has 0 radical (unpaired) electrons. The van der Waals surface area contributed by atoms with Crippen molar-refractivity contribution in [2.75, 3.05) is 0 Å². The van der Waals surface area contributed by atoms with Gasteiger partial charge in [-0.25, -0.2) is 0 Å². The molecule has 3 atom stereocenters. The summed E-state index contributed by atoms with van der Waals surface area (Å²) in [7, 11) is 0. The molecule has 0 heterocycles. The van der Waals surface area contributed by atoms with Crippen LogP contribution in [0.3, 0.4) is 0 Å². The van der Waals surface area contributed by atoms with Gasteiger partial charge in [-0.2, -0.15) is 0 Å². The van der Waals surface area contributed by atoms with E-state index in [2.05, 4.69) is 45.0 Å². The molecule has 0 unspecified atom stereocenters. The van der Waals surface area contributed by atoms with Crippen LogP contribution in [0.2, 0.25) is 0 Å². The predicted molar refractivity (Wildman–Crippen MR) is 98.9 cm³/mol. The van der Waals surface area contributed by atoms with Gasteiger partial charge in [0.25, 0.3) is 0 Å². The van der Waals surface area contributed by atoms with Crippen LogP contribution in [0.1, 0.15) is 45.6 Å². The van der Waals surface area contributed by atoms with E-state index in [4.69, 9.17) is 4.74 Å². The number of rotatable bonds is 4. The van der Waals surface area contributed by atoms with E-state index in [1.165, 1.54) is 23.6 Å². The maximum absolute atomic E-state index is 12.5. The molecule has 1 aliphatic carbocycles. The monoisotopic (exact) mass is 324 g/mol. The summed E-state index contributed by atoms with van der Waals surface area (Å²) in [6.07, 6.45) is 3.88. The highest BCUT2D eigenvalue weighted by Crippen LogP contribution is 2.35. The lowest BCUT2D eigenvalue weighted by Crippen LogP contribution is -2.36. The van der Waals surface area contributed by atoms with Crippen molar-refractivity contribution in [2.45, 2.75) is 52.6 Å². The van der Waals surface area contributed by atoms with Gasteiger partial charge in [0, 0.05) is 0 Å². The second-order valence-corrected chi connectivity index (χ2v) is 7.71. The summed E-state index contributed by atoms with van der Waals surface area (Å²) < 4.78 is 5.91. The number of hydrogen-bond donors (Lipinski definition) is 0. The molecule has 2 aromatic rings. The molecule has 24 heavy (non-hydrogen) atoms. The van der Waals surface area contributed by atoms with Gasteiger partial charge in [0.05, 0.1) is 6.42 Å². The number of ether oxygens (including phenoxy) is 1. The molecular formula is C22H28O2. The normalized spacial score (nSPS) is 24.2. The van der Waals surface area contributed by atoms with Gasteiger partial charge in [0.15, 0.2) is 0 Å². The summed E-state index contributed by atoms with van der Waals surface area (Å²) in [6.45, 7) is 6.75. The van der Waals surface area contributed by atoms with Crippen molar-refractivity contribution in [3.05, 3.63) is 48.0 Å². The Hall–Kier alpha value is -1.83. The average molecular weight is 324 g/mol. The van der Waals surface area contributed by atoms with Crippen molar-refractivity contribution in [2.24, 2.45) is 17.8 Å². The fraction of sp³-hybridized carbons (Fsp3) is 0.500. The van der Waals surface area contributed by atoms with E-state index in [1.807, 2.05) is 18.2 Å². The molecule has 2 aromatic carbocycles. The van der Waals surface area contributed by atoms with E-state index in [0.29, 0.717) is 24.2 Å². The highest BCUT2D eigenvalue weighted by molar-refractivity contribution is 5.84. The quantitative estimate of drug-likeness (QED) is 0.705. The number of carbonyl (C=O) groups is 1. The second kappa shape index (κ2) is 7.38. The van der Waals surface area contributed by atoms with E-state index < -0.39 is 0 Å². The molecule has 2 nitrogen and oxygen atoms in total. The fourth-order valence-corrected chi connectivity index (χ4v) is 3.98. The third-order valence-corrected chi connectivity index (χ3v) is 5.41. The SMILES string of the molecule is CC(C)[C@@H]1CC[C@@H](C)C[C@H]1OC(=O)Cc1ccc2ccccc2c1. The molecule has 0 aromatic heterocycles. The first-order chi connectivity index (χ1) is 11.5. The van der Waals surface area contributed by atoms with Gasteiger partial charge in [0.2, 0.25) is 0 Å². The van der Waals surface area contributed by atoms with Crippen LogP contribution in [0, 0.1) is 17.8 Å². The highest BCUT2D eigenvalue weighted by atomic mass is 16.5. The van der Waals surface area contributed by atoms with Crippen LogP contribution in [0.15, 0.2) is 42.5 Å². The zero-order chi connectivity index (χ0) is 17.1. The summed E-state index contributed by atoms with van der Waals surface area (Å²) in [5.41, 5.74) is 1.03. The van der Waals surface area contributed by atoms with Gasteiger partial charge in [-0.15, -0.1) is 0 Å². The van der Waals surface area contributed by atoms with Gasteiger partial charge >= 0.3 is 5.97 Å². The van der Waals surface area contributed by atoms with Gasteiger partial charge in [-0.05, 0) is 46.9 Å². The van der Waals surface area contributed by atoms with Crippen molar-refractivity contribution >= 4 is 16.7 Å². The van der Waals surface area contributed by atoms with E-state index in [1.54, 1.807) is 0 Å². The third kappa shape index (κ3) is 3.98. The van der Waals surface area contributed by atoms with E-state index in [9.17, 15) is 4.79 Å². The molecule has 0 bridgehead atoms. The summed E-state index contributed by atoms with van der Waals surface area (Å²) in [6, 6.07) is 14.5. The fourth-order valence-electron chi connectivity index (χ4n) is 3.98. The molecule has 3 rings (SSSR count). The number of carbonyl (C=O) groups excluding carboxylic acids is 1. The summed E-state index contributed by atoms with van der Waals surface area (Å²) in [5.74, 6) is 1.63. The van der Waals surface area contributed by atoms with Gasteiger partial charge in [-0.1, -0.05) is 69.7 Å². The largest absolute Gasteiger partial charge is 0.462 e. The van der Waals surface area contributed by atoms with E-state index in [-0.39, 0.29) is 12.1 Å². The first-order valence-electron chi connectivity index (χ1n) is 9.20. The van der Waals surface area contributed by atoms with Gasteiger partial charge in [-0.3, -0.25) is 4.79 Å². The minimum atomic E-state index is -0.0879. The molecule has 1 fully saturated rings. The molecule has 0 spiro atoms. The van der Waals surface area contributed by atoms with E-state index >= 15 is 0 Å². The van der Waals surface area contributed by atoms with Crippen molar-refractivity contribution in [3.63, 3.8) is 0 Å². The summed E-state index contributed by atoms with van der Waals surface area (Å²) in [5, 5.41) is 2.38. The van der Waals surface area contributed by atoms with Crippen LogP contribution in [0.25, 0.3) is 10.8 Å². The average Bonchev–Trinajstić information content (AvgIpc) is 2.54. The number of hydrogen-bond acceptors (Lipinski definition) is 2. The molecule has 2 heteroatoms. The molecule has 0 aliphatic heterocycles. The zero-order valence-electron chi connectivity index (χ0n) is 15.0. The number of esters is 1. The lowest BCUT2D eigenvalue weighted by Gasteiger charge is -2.36. The smallest absolute Gasteiger partial charge is 0.310 e. The Morgan fingerprint density at radius 3 is 2.62 bits per heavy atom. The van der Waals surface area contributed by atoms with Crippen molar-refractivity contribution < 1.29 is 9.53 Å². The maximum Gasteiger partial charge on any atom is 0.310 e. The van der Waals surface area contributed by atoms with Crippen molar-refractivity contribution in [1.82, 2.24) is 0 Å². The van der Waals surface area contributed by atoms with Gasteiger partial charge in [0.1, 0.15) is 6.10 Å². The van der Waals surface area contributed by atoms with Crippen molar-refractivity contribution in [3.8, 4) is 0 Å². The first kappa shape index (κ1) is 17.0. The first-order valence-corrected chi connectivity index (χ1v) is 9.20. The topological polar surface area (TPSA) is 26.3 Å². The van der Waals surface area contributed by atoms with Crippen LogP contribution < -0.4 is 0 Å². The third-order valence-electron chi connectivity index (χ3n) is 5.41. The van der Waals surface area contributed by atoms with Crippen LogP contribution in [0.4, 0.5) is 0 Å². The van der Waals surface area contributed by atoms with Crippen LogP contribution in [-0.2, 0) is 16.0 Å². The Balaban J connectivity index is 1.67. The summed E-state index contributed by atoms with van der Waals surface area (Å²) in [4.78, 5) is 12.5. The molecule has 0 saturated heterocycles. The zero-order valence-corrected chi connectivity index (χ0v) is 15.0. The van der Waals surface area contributed by atoms with Crippen LogP contribution >= 0.6 is 0 Å². The lowest BCUT2D eigenvalue weighted by atomic mass is 9.75. The number of fused-ring (bicyclic) bond motifs is 1. The van der Waals surface area contributed by atoms with Crippen LogP contribution in [-0.4, -0.2) is 12.1 Å².